The highest BCUT2D eigenvalue weighted by Gasteiger charge is 2.25. The van der Waals surface area contributed by atoms with Crippen molar-refractivity contribution in [1.29, 1.82) is 0 Å². The van der Waals surface area contributed by atoms with Gasteiger partial charge in [-0.2, -0.15) is 0 Å². The first-order valence-corrected chi connectivity index (χ1v) is 11.5. The molecule has 1 amide bonds. The van der Waals surface area contributed by atoms with E-state index in [1.165, 1.54) is 29.7 Å². The third-order valence-corrected chi connectivity index (χ3v) is 7.40. The van der Waals surface area contributed by atoms with Crippen LogP contribution >= 0.6 is 11.3 Å². The molecule has 0 aromatic carbocycles. The number of thiophene rings is 1. The molecule has 28 heavy (non-hydrogen) atoms. The first kappa shape index (κ1) is 18.3. The van der Waals surface area contributed by atoms with E-state index in [0.717, 1.165) is 73.1 Å². The molecule has 2 aromatic heterocycles. The minimum Gasteiger partial charge on any atom is -0.360 e. The van der Waals surface area contributed by atoms with Crippen molar-refractivity contribution in [3.63, 3.8) is 0 Å². The third-order valence-electron chi connectivity index (χ3n) is 6.21. The Kier molecular flexibility index (Phi) is 4.97. The molecule has 1 aliphatic heterocycles. The van der Waals surface area contributed by atoms with Crippen molar-refractivity contribution in [3.8, 4) is 0 Å². The Morgan fingerprint density at radius 3 is 2.79 bits per heavy atom. The average Bonchev–Trinajstić information content (AvgIpc) is 3.25. The van der Waals surface area contributed by atoms with E-state index >= 15 is 0 Å². The molecular weight excluding hydrogens is 370 g/mol. The molecule has 3 aliphatic rings. The maximum absolute atomic E-state index is 12.2. The van der Waals surface area contributed by atoms with Crippen LogP contribution in [0.4, 0.5) is 5.82 Å². The Morgan fingerprint density at radius 1 is 1.18 bits per heavy atom. The molecule has 7 heteroatoms. The highest BCUT2D eigenvalue weighted by molar-refractivity contribution is 7.19. The SMILES string of the molecule is CC1CCN(Cc2nc(NCC(=O)NC3CC3)c3c4c(sc3n2)CCC4)CC1. The molecule has 1 saturated carbocycles. The average molecular weight is 400 g/mol. The summed E-state index contributed by atoms with van der Waals surface area (Å²) in [5.74, 6) is 2.62. The van der Waals surface area contributed by atoms with Crippen LogP contribution in [0.5, 0.6) is 0 Å². The van der Waals surface area contributed by atoms with Crippen LogP contribution in [0.2, 0.25) is 0 Å². The molecule has 2 N–H and O–H groups in total. The van der Waals surface area contributed by atoms with Gasteiger partial charge < -0.3 is 10.6 Å². The van der Waals surface area contributed by atoms with Crippen LogP contribution in [0.15, 0.2) is 0 Å². The number of rotatable bonds is 6. The van der Waals surface area contributed by atoms with Crippen LogP contribution in [0, 0.1) is 5.92 Å². The molecule has 0 spiro atoms. The molecule has 2 aromatic rings. The Labute approximate surface area is 170 Å². The van der Waals surface area contributed by atoms with E-state index in [-0.39, 0.29) is 12.5 Å². The molecular formula is C21H29N5OS. The molecule has 2 fully saturated rings. The van der Waals surface area contributed by atoms with Crippen molar-refractivity contribution in [3.05, 3.63) is 16.3 Å². The van der Waals surface area contributed by atoms with Crippen LogP contribution in [0.1, 0.15) is 55.3 Å². The minimum atomic E-state index is 0.0627. The highest BCUT2D eigenvalue weighted by atomic mass is 32.1. The van der Waals surface area contributed by atoms with E-state index in [9.17, 15) is 4.79 Å². The number of amides is 1. The van der Waals surface area contributed by atoms with Crippen LogP contribution in [0.25, 0.3) is 10.2 Å². The molecule has 5 rings (SSSR count). The summed E-state index contributed by atoms with van der Waals surface area (Å²) in [6.45, 7) is 5.66. The lowest BCUT2D eigenvalue weighted by molar-refractivity contribution is -0.119. The number of likely N-dealkylation sites (tertiary alicyclic amines) is 1. The van der Waals surface area contributed by atoms with Crippen molar-refractivity contribution < 1.29 is 4.79 Å². The van der Waals surface area contributed by atoms with Gasteiger partial charge in [-0.1, -0.05) is 6.92 Å². The Hall–Kier alpha value is -1.73. The summed E-state index contributed by atoms with van der Waals surface area (Å²) in [7, 11) is 0. The lowest BCUT2D eigenvalue weighted by Crippen LogP contribution is -2.33. The van der Waals surface area contributed by atoms with Crippen LogP contribution in [0.3, 0.4) is 0 Å². The van der Waals surface area contributed by atoms with E-state index in [4.69, 9.17) is 9.97 Å². The fraction of sp³-hybridized carbons (Fsp3) is 0.667. The summed E-state index contributed by atoms with van der Waals surface area (Å²) in [4.78, 5) is 27.0. The van der Waals surface area contributed by atoms with E-state index in [1.807, 2.05) is 11.3 Å². The summed E-state index contributed by atoms with van der Waals surface area (Å²) < 4.78 is 0. The second-order valence-corrected chi connectivity index (χ2v) is 9.76. The zero-order valence-corrected chi connectivity index (χ0v) is 17.4. The second kappa shape index (κ2) is 7.59. The maximum Gasteiger partial charge on any atom is 0.239 e. The first-order valence-electron chi connectivity index (χ1n) is 10.7. The zero-order valence-electron chi connectivity index (χ0n) is 16.6. The molecule has 1 saturated heterocycles. The Morgan fingerprint density at radius 2 is 2.00 bits per heavy atom. The van der Waals surface area contributed by atoms with E-state index in [2.05, 4.69) is 22.5 Å². The number of fused-ring (bicyclic) bond motifs is 3. The monoisotopic (exact) mass is 399 g/mol. The fourth-order valence-electron chi connectivity index (χ4n) is 4.33. The molecule has 3 heterocycles. The van der Waals surface area contributed by atoms with Crippen molar-refractivity contribution in [2.24, 2.45) is 5.92 Å². The van der Waals surface area contributed by atoms with Crippen LogP contribution < -0.4 is 10.6 Å². The second-order valence-electron chi connectivity index (χ2n) is 8.68. The van der Waals surface area contributed by atoms with Crippen molar-refractivity contribution in [2.45, 2.75) is 64.5 Å². The number of aryl methyl sites for hydroxylation is 2. The fourth-order valence-corrected chi connectivity index (χ4v) is 5.61. The molecule has 0 unspecified atom stereocenters. The quantitative estimate of drug-likeness (QED) is 0.781. The summed E-state index contributed by atoms with van der Waals surface area (Å²) in [6, 6.07) is 0.391. The minimum absolute atomic E-state index is 0.0627. The van der Waals surface area contributed by atoms with Gasteiger partial charge in [-0.3, -0.25) is 9.69 Å². The number of anilines is 1. The van der Waals surface area contributed by atoms with E-state index < -0.39 is 0 Å². The summed E-state index contributed by atoms with van der Waals surface area (Å²) in [5, 5.41) is 7.56. The topological polar surface area (TPSA) is 70.2 Å². The predicted molar refractivity (Wildman–Crippen MR) is 113 cm³/mol. The first-order chi connectivity index (χ1) is 13.7. The molecule has 6 nitrogen and oxygen atoms in total. The number of hydrogen-bond acceptors (Lipinski definition) is 6. The summed E-state index contributed by atoms with van der Waals surface area (Å²) >= 11 is 1.82. The van der Waals surface area contributed by atoms with Gasteiger partial charge in [-0.05, 0) is 69.5 Å². The summed E-state index contributed by atoms with van der Waals surface area (Å²) in [5.41, 5.74) is 1.41. The van der Waals surface area contributed by atoms with Crippen molar-refractivity contribution >= 4 is 33.3 Å². The number of nitrogens with zero attached hydrogens (tertiary/aromatic N) is 3. The standard InChI is InChI=1S/C21H29N5OS/c1-13-7-9-26(10-8-13)12-17-24-20(22-11-18(27)23-14-5-6-14)19-15-3-2-4-16(15)28-21(19)25-17/h13-14H,2-12H2,1H3,(H,23,27)(H,22,24,25). The van der Waals surface area contributed by atoms with Gasteiger partial charge in [0.25, 0.3) is 0 Å². The third kappa shape index (κ3) is 3.87. The number of carbonyl (C=O) groups excluding carboxylic acids is 1. The zero-order chi connectivity index (χ0) is 19.1. The number of piperidine rings is 1. The molecule has 0 radical (unpaired) electrons. The van der Waals surface area contributed by atoms with Gasteiger partial charge in [-0.25, -0.2) is 9.97 Å². The molecule has 0 bridgehead atoms. The van der Waals surface area contributed by atoms with Gasteiger partial charge in [0.15, 0.2) is 0 Å². The number of aromatic nitrogens is 2. The van der Waals surface area contributed by atoms with Crippen LogP contribution in [-0.2, 0) is 24.2 Å². The van der Waals surface area contributed by atoms with Gasteiger partial charge in [0.2, 0.25) is 5.91 Å². The smallest absolute Gasteiger partial charge is 0.239 e. The van der Waals surface area contributed by atoms with Gasteiger partial charge >= 0.3 is 0 Å². The number of carbonyl (C=O) groups is 1. The lowest BCUT2D eigenvalue weighted by atomic mass is 9.99. The van der Waals surface area contributed by atoms with E-state index in [1.54, 1.807) is 0 Å². The normalized spacial score (nSPS) is 20.5. The molecule has 0 atom stereocenters. The lowest BCUT2D eigenvalue weighted by Gasteiger charge is -2.29. The largest absolute Gasteiger partial charge is 0.360 e. The Bertz CT molecular complexity index is 883. The molecule has 2 aliphatic carbocycles. The van der Waals surface area contributed by atoms with E-state index in [0.29, 0.717) is 6.04 Å². The predicted octanol–water partition coefficient (Wildman–Crippen LogP) is 3.10. The summed E-state index contributed by atoms with van der Waals surface area (Å²) in [6.07, 6.45) is 8.19. The maximum atomic E-state index is 12.2. The number of nitrogens with one attached hydrogen (secondary N) is 2. The van der Waals surface area contributed by atoms with Crippen molar-refractivity contribution in [1.82, 2.24) is 20.2 Å². The van der Waals surface area contributed by atoms with Crippen LogP contribution in [-0.4, -0.2) is 46.5 Å². The van der Waals surface area contributed by atoms with Gasteiger partial charge in [0, 0.05) is 10.9 Å². The highest BCUT2D eigenvalue weighted by Crippen LogP contribution is 2.39. The van der Waals surface area contributed by atoms with Gasteiger partial charge in [0.05, 0.1) is 18.5 Å². The van der Waals surface area contributed by atoms with Gasteiger partial charge in [0.1, 0.15) is 16.5 Å². The Balaban J connectivity index is 1.39. The van der Waals surface area contributed by atoms with Gasteiger partial charge in [-0.15, -0.1) is 11.3 Å². The number of hydrogen-bond donors (Lipinski definition) is 2. The molecule has 150 valence electrons. The van der Waals surface area contributed by atoms with Crippen molar-refractivity contribution in [2.75, 3.05) is 25.0 Å².